The van der Waals surface area contributed by atoms with Crippen molar-refractivity contribution < 1.29 is 9.53 Å². The van der Waals surface area contributed by atoms with Crippen LogP contribution in [0, 0.1) is 5.92 Å². The molecule has 0 aliphatic heterocycles. The van der Waals surface area contributed by atoms with Crippen LogP contribution in [0.15, 0.2) is 23.4 Å². The van der Waals surface area contributed by atoms with Gasteiger partial charge < -0.3 is 14.6 Å². The van der Waals surface area contributed by atoms with Crippen LogP contribution >= 0.6 is 23.4 Å². The number of hydrogen-bond donors (Lipinski definition) is 1. The lowest BCUT2D eigenvalue weighted by atomic mass is 10.2. The van der Waals surface area contributed by atoms with Gasteiger partial charge in [0.25, 0.3) is 0 Å². The number of nitrogens with one attached hydrogen (secondary N) is 1. The van der Waals surface area contributed by atoms with Gasteiger partial charge in [-0.25, -0.2) is 4.98 Å². The number of methoxy groups -OCH3 is 1. The van der Waals surface area contributed by atoms with Crippen LogP contribution in [0.1, 0.15) is 20.8 Å². The van der Waals surface area contributed by atoms with Crippen LogP contribution in [0.2, 0.25) is 5.02 Å². The van der Waals surface area contributed by atoms with Gasteiger partial charge in [0.15, 0.2) is 5.16 Å². The first-order chi connectivity index (χ1) is 11.4. The zero-order valence-corrected chi connectivity index (χ0v) is 16.1. The molecule has 5 nitrogen and oxygen atoms in total. The topological polar surface area (TPSA) is 56.1 Å². The molecular weight excluding hydrogens is 346 g/mol. The Balaban J connectivity index is 2.21. The fourth-order valence-electron chi connectivity index (χ4n) is 2.23. The van der Waals surface area contributed by atoms with Gasteiger partial charge in [-0.15, -0.1) is 0 Å². The predicted octanol–water partition coefficient (Wildman–Crippen LogP) is 3.59. The Morgan fingerprint density at radius 2 is 2.17 bits per heavy atom. The fourth-order valence-corrected chi connectivity index (χ4v) is 3.37. The highest BCUT2D eigenvalue weighted by molar-refractivity contribution is 8.00. The summed E-state index contributed by atoms with van der Waals surface area (Å²) in [5.41, 5.74) is 1.82. The smallest absolute Gasteiger partial charge is 0.233 e. The summed E-state index contributed by atoms with van der Waals surface area (Å²) in [6.45, 7) is 7.98. The van der Waals surface area contributed by atoms with Gasteiger partial charge >= 0.3 is 0 Å². The minimum atomic E-state index is -0.225. The number of carbonyl (C=O) groups is 1. The Hall–Kier alpha value is -1.24. The van der Waals surface area contributed by atoms with Gasteiger partial charge in [-0.1, -0.05) is 37.2 Å². The number of ether oxygens (including phenoxy) is 1. The minimum absolute atomic E-state index is 0.0251. The minimum Gasteiger partial charge on any atom is -0.383 e. The molecular formula is C17H24ClN3O2S. The summed E-state index contributed by atoms with van der Waals surface area (Å²) in [7, 11) is 1.67. The average molecular weight is 370 g/mol. The molecule has 1 atom stereocenters. The first kappa shape index (κ1) is 19.1. The van der Waals surface area contributed by atoms with Crippen molar-refractivity contribution in [1.29, 1.82) is 0 Å². The molecule has 132 valence electrons. The number of fused-ring (bicyclic) bond motifs is 1. The van der Waals surface area contributed by atoms with Crippen molar-refractivity contribution in [1.82, 2.24) is 14.9 Å². The Labute approximate surface area is 152 Å². The molecule has 0 radical (unpaired) electrons. The number of carbonyl (C=O) groups excluding carboxylic acids is 1. The van der Waals surface area contributed by atoms with E-state index in [1.54, 1.807) is 7.11 Å². The third kappa shape index (κ3) is 4.88. The maximum atomic E-state index is 12.2. The maximum absolute atomic E-state index is 12.2. The molecule has 0 fully saturated rings. The molecule has 0 spiro atoms. The molecule has 7 heteroatoms. The highest BCUT2D eigenvalue weighted by Gasteiger charge is 2.19. The van der Waals surface area contributed by atoms with Crippen molar-refractivity contribution in [2.75, 3.05) is 20.3 Å². The lowest BCUT2D eigenvalue weighted by Gasteiger charge is -2.14. The number of benzene rings is 1. The fraction of sp³-hybridized carbons (Fsp3) is 0.529. The molecule has 2 rings (SSSR count). The van der Waals surface area contributed by atoms with E-state index >= 15 is 0 Å². The zero-order chi connectivity index (χ0) is 17.7. The van der Waals surface area contributed by atoms with Crippen LogP contribution in [0.25, 0.3) is 11.0 Å². The van der Waals surface area contributed by atoms with E-state index in [-0.39, 0.29) is 11.2 Å². The Morgan fingerprint density at radius 3 is 2.83 bits per heavy atom. The number of rotatable bonds is 8. The number of halogens is 1. The summed E-state index contributed by atoms with van der Waals surface area (Å²) in [5.74, 6) is 0.455. The first-order valence-electron chi connectivity index (χ1n) is 8.01. The van der Waals surface area contributed by atoms with Crippen LogP contribution < -0.4 is 5.32 Å². The number of amides is 1. The summed E-state index contributed by atoms with van der Waals surface area (Å²) in [6.07, 6.45) is 0. The van der Waals surface area contributed by atoms with E-state index in [1.165, 1.54) is 11.8 Å². The Morgan fingerprint density at radius 1 is 1.42 bits per heavy atom. The average Bonchev–Trinajstić information content (AvgIpc) is 2.86. The molecule has 1 unspecified atom stereocenters. The molecule has 2 aromatic rings. The van der Waals surface area contributed by atoms with Crippen molar-refractivity contribution >= 4 is 40.3 Å². The largest absolute Gasteiger partial charge is 0.383 e. The number of nitrogens with zero attached hydrogens (tertiary/aromatic N) is 2. The Bertz CT molecular complexity index is 702. The van der Waals surface area contributed by atoms with Gasteiger partial charge in [0, 0.05) is 25.2 Å². The molecule has 1 heterocycles. The highest BCUT2D eigenvalue weighted by atomic mass is 35.5. The zero-order valence-electron chi connectivity index (χ0n) is 14.5. The van der Waals surface area contributed by atoms with Crippen molar-refractivity contribution in [3.63, 3.8) is 0 Å². The van der Waals surface area contributed by atoms with Gasteiger partial charge in [0.2, 0.25) is 5.91 Å². The maximum Gasteiger partial charge on any atom is 0.233 e. The lowest BCUT2D eigenvalue weighted by Crippen LogP contribution is -2.33. The van der Waals surface area contributed by atoms with Crippen LogP contribution in [0.3, 0.4) is 0 Å². The van der Waals surface area contributed by atoms with Gasteiger partial charge in [-0.2, -0.15) is 0 Å². The van der Waals surface area contributed by atoms with Gasteiger partial charge in [0.1, 0.15) is 0 Å². The lowest BCUT2D eigenvalue weighted by molar-refractivity contribution is -0.120. The second-order valence-electron chi connectivity index (χ2n) is 6.07. The van der Waals surface area contributed by atoms with Gasteiger partial charge in [-0.3, -0.25) is 4.79 Å². The number of aromatic nitrogens is 2. The van der Waals surface area contributed by atoms with E-state index in [0.717, 1.165) is 16.2 Å². The number of hydrogen-bond acceptors (Lipinski definition) is 4. The van der Waals surface area contributed by atoms with E-state index in [9.17, 15) is 4.79 Å². The molecule has 0 aliphatic rings. The van der Waals surface area contributed by atoms with Gasteiger partial charge in [0.05, 0.1) is 22.9 Å². The first-order valence-corrected chi connectivity index (χ1v) is 9.27. The number of thioether (sulfide) groups is 1. The van der Waals surface area contributed by atoms with Crippen molar-refractivity contribution in [3.05, 3.63) is 23.2 Å². The second kappa shape index (κ2) is 8.74. The Kier molecular flexibility index (Phi) is 6.95. The number of imidazole rings is 1. The molecule has 1 aromatic carbocycles. The molecule has 0 saturated carbocycles. The summed E-state index contributed by atoms with van der Waals surface area (Å²) in [5, 5.41) is 4.19. The standard InChI is InChI=1S/C17H24ClN3O2S/c1-11(2)10-19-16(22)12(3)24-17-20-14-9-13(18)5-6-15(14)21(17)7-8-23-4/h5-6,9,11-12H,7-8,10H2,1-4H3,(H,19,22). The van der Waals surface area contributed by atoms with Gasteiger partial charge in [-0.05, 0) is 31.0 Å². The molecule has 24 heavy (non-hydrogen) atoms. The normalized spacial score (nSPS) is 12.8. The molecule has 1 aromatic heterocycles. The van der Waals surface area contributed by atoms with E-state index in [0.29, 0.717) is 30.6 Å². The molecule has 1 N–H and O–H groups in total. The van der Waals surface area contributed by atoms with Crippen molar-refractivity contribution in [2.24, 2.45) is 5.92 Å². The van der Waals surface area contributed by atoms with Crippen LogP contribution in [0.5, 0.6) is 0 Å². The predicted molar refractivity (Wildman–Crippen MR) is 99.8 cm³/mol. The highest BCUT2D eigenvalue weighted by Crippen LogP contribution is 2.28. The van der Waals surface area contributed by atoms with E-state index in [1.807, 2.05) is 25.1 Å². The molecule has 0 saturated heterocycles. The van der Waals surface area contributed by atoms with Crippen molar-refractivity contribution in [3.8, 4) is 0 Å². The van der Waals surface area contributed by atoms with Crippen LogP contribution in [0.4, 0.5) is 0 Å². The summed E-state index contributed by atoms with van der Waals surface area (Å²) in [4.78, 5) is 16.9. The molecule has 0 bridgehead atoms. The van der Waals surface area contributed by atoms with E-state index in [2.05, 4.69) is 28.7 Å². The van der Waals surface area contributed by atoms with E-state index in [4.69, 9.17) is 16.3 Å². The molecule has 0 aliphatic carbocycles. The monoisotopic (exact) mass is 369 g/mol. The third-order valence-electron chi connectivity index (χ3n) is 3.53. The quantitative estimate of drug-likeness (QED) is 0.722. The molecule has 1 amide bonds. The second-order valence-corrected chi connectivity index (χ2v) is 7.82. The summed E-state index contributed by atoms with van der Waals surface area (Å²) in [6, 6.07) is 5.64. The van der Waals surface area contributed by atoms with Crippen LogP contribution in [-0.2, 0) is 16.1 Å². The van der Waals surface area contributed by atoms with Crippen molar-refractivity contribution in [2.45, 2.75) is 37.7 Å². The summed E-state index contributed by atoms with van der Waals surface area (Å²) < 4.78 is 7.27. The third-order valence-corrected chi connectivity index (χ3v) is 4.86. The van der Waals surface area contributed by atoms with Crippen LogP contribution in [-0.4, -0.2) is 41.0 Å². The van der Waals surface area contributed by atoms with E-state index < -0.39 is 0 Å². The summed E-state index contributed by atoms with van der Waals surface area (Å²) >= 11 is 7.52. The SMILES string of the molecule is COCCn1c(SC(C)C(=O)NCC(C)C)nc2cc(Cl)ccc21.